The van der Waals surface area contributed by atoms with Gasteiger partial charge in [-0.2, -0.15) is 0 Å². The van der Waals surface area contributed by atoms with Crippen LogP contribution >= 0.6 is 23.2 Å². The number of sulfonamides is 1. The van der Waals surface area contributed by atoms with E-state index in [-0.39, 0.29) is 29.8 Å². The van der Waals surface area contributed by atoms with Gasteiger partial charge in [0.05, 0.1) is 10.9 Å². The Labute approximate surface area is 157 Å². The molecule has 0 fully saturated rings. The molecule has 0 aromatic heterocycles. The van der Waals surface area contributed by atoms with Crippen LogP contribution in [0.2, 0.25) is 10.0 Å². The fraction of sp³-hybridized carbons (Fsp3) is 0.235. The van der Waals surface area contributed by atoms with E-state index < -0.39 is 10.0 Å². The van der Waals surface area contributed by atoms with Crippen molar-refractivity contribution in [3.63, 3.8) is 0 Å². The van der Waals surface area contributed by atoms with Crippen LogP contribution in [0.4, 0.5) is 0 Å². The van der Waals surface area contributed by atoms with Crippen LogP contribution < -0.4 is 10.0 Å². The van der Waals surface area contributed by atoms with Gasteiger partial charge >= 0.3 is 0 Å². The van der Waals surface area contributed by atoms with Crippen molar-refractivity contribution in [2.45, 2.75) is 24.3 Å². The molecule has 25 heavy (non-hydrogen) atoms. The summed E-state index contributed by atoms with van der Waals surface area (Å²) in [5, 5.41) is 3.89. The maximum atomic E-state index is 12.1. The topological polar surface area (TPSA) is 75.3 Å². The van der Waals surface area contributed by atoms with Crippen molar-refractivity contribution < 1.29 is 13.2 Å². The molecular formula is C17H18Cl2N2O3S. The Hall–Kier alpha value is -1.60. The van der Waals surface area contributed by atoms with Crippen LogP contribution in [0.15, 0.2) is 53.4 Å². The van der Waals surface area contributed by atoms with E-state index in [4.69, 9.17) is 23.2 Å². The molecule has 0 saturated carbocycles. The van der Waals surface area contributed by atoms with E-state index in [9.17, 15) is 13.2 Å². The van der Waals surface area contributed by atoms with E-state index in [0.29, 0.717) is 10.0 Å². The lowest BCUT2D eigenvalue weighted by molar-refractivity contribution is -0.121. The zero-order valence-electron chi connectivity index (χ0n) is 13.5. The quantitative estimate of drug-likeness (QED) is 0.745. The Morgan fingerprint density at radius 1 is 1.00 bits per heavy atom. The van der Waals surface area contributed by atoms with Crippen molar-refractivity contribution >= 4 is 39.1 Å². The monoisotopic (exact) mass is 400 g/mol. The molecule has 0 radical (unpaired) electrons. The normalized spacial score (nSPS) is 12.6. The molecule has 1 amide bonds. The van der Waals surface area contributed by atoms with Gasteiger partial charge in [0.2, 0.25) is 15.9 Å². The number of halogens is 2. The molecule has 0 unspecified atom stereocenters. The van der Waals surface area contributed by atoms with E-state index in [0.717, 1.165) is 5.56 Å². The maximum absolute atomic E-state index is 12.1. The number of hydrogen-bond donors (Lipinski definition) is 2. The lowest BCUT2D eigenvalue weighted by Crippen LogP contribution is -2.32. The van der Waals surface area contributed by atoms with Gasteiger partial charge in [-0.3, -0.25) is 4.79 Å². The first-order valence-corrected chi connectivity index (χ1v) is 9.82. The second-order valence-corrected chi connectivity index (χ2v) is 8.08. The van der Waals surface area contributed by atoms with Crippen LogP contribution in [0.5, 0.6) is 0 Å². The fourth-order valence-electron chi connectivity index (χ4n) is 2.14. The van der Waals surface area contributed by atoms with Crippen molar-refractivity contribution in [2.75, 3.05) is 6.54 Å². The fourth-order valence-corrected chi connectivity index (χ4v) is 3.43. The Morgan fingerprint density at radius 2 is 1.52 bits per heavy atom. The van der Waals surface area contributed by atoms with Crippen LogP contribution in [-0.4, -0.2) is 20.9 Å². The largest absolute Gasteiger partial charge is 0.350 e. The number of carbonyl (C=O) groups is 1. The molecule has 8 heteroatoms. The van der Waals surface area contributed by atoms with E-state index in [1.54, 1.807) is 12.1 Å². The third-order valence-electron chi connectivity index (χ3n) is 3.52. The molecule has 0 aliphatic carbocycles. The molecule has 1 atom stereocenters. The second-order valence-electron chi connectivity index (χ2n) is 5.44. The van der Waals surface area contributed by atoms with E-state index in [2.05, 4.69) is 10.0 Å². The Kier molecular flexibility index (Phi) is 6.84. The first-order valence-electron chi connectivity index (χ1n) is 7.58. The van der Waals surface area contributed by atoms with E-state index in [1.807, 2.05) is 19.1 Å². The summed E-state index contributed by atoms with van der Waals surface area (Å²) in [5.74, 6) is -0.249. The smallest absolute Gasteiger partial charge is 0.240 e. The number of hydrogen-bond acceptors (Lipinski definition) is 3. The SMILES string of the molecule is C[C@@H](NC(=O)CCNS(=O)(=O)c1ccc(Cl)cc1)c1ccc(Cl)cc1. The molecule has 2 aromatic carbocycles. The summed E-state index contributed by atoms with van der Waals surface area (Å²) in [4.78, 5) is 12.1. The molecule has 0 spiro atoms. The Bertz CT molecular complexity index is 822. The highest BCUT2D eigenvalue weighted by Gasteiger charge is 2.15. The van der Waals surface area contributed by atoms with Gasteiger partial charge in [-0.05, 0) is 48.9 Å². The number of carbonyl (C=O) groups excluding carboxylic acids is 1. The maximum Gasteiger partial charge on any atom is 0.240 e. The summed E-state index contributed by atoms with van der Waals surface area (Å²) in [6, 6.07) is 12.8. The van der Waals surface area contributed by atoms with Crippen LogP contribution in [-0.2, 0) is 14.8 Å². The summed E-state index contributed by atoms with van der Waals surface area (Å²) in [7, 11) is -3.66. The van der Waals surface area contributed by atoms with E-state index in [1.165, 1.54) is 24.3 Å². The van der Waals surface area contributed by atoms with Crippen LogP contribution in [0.1, 0.15) is 24.9 Å². The molecule has 0 aliphatic rings. The van der Waals surface area contributed by atoms with Crippen LogP contribution in [0.25, 0.3) is 0 Å². The average Bonchev–Trinajstić information content (AvgIpc) is 2.55. The molecule has 0 aliphatic heterocycles. The Morgan fingerprint density at radius 3 is 2.08 bits per heavy atom. The highest BCUT2D eigenvalue weighted by molar-refractivity contribution is 7.89. The standard InChI is InChI=1S/C17H18Cl2N2O3S/c1-12(13-2-4-14(18)5-3-13)21-17(22)10-11-20-25(23,24)16-8-6-15(19)7-9-16/h2-9,12,20H,10-11H2,1H3,(H,21,22)/t12-/m1/s1. The molecule has 0 bridgehead atoms. The third-order valence-corrected chi connectivity index (χ3v) is 5.50. The van der Waals surface area contributed by atoms with E-state index >= 15 is 0 Å². The van der Waals surface area contributed by atoms with Crippen molar-refractivity contribution in [3.05, 3.63) is 64.1 Å². The summed E-state index contributed by atoms with van der Waals surface area (Å²) in [6.45, 7) is 1.85. The number of amides is 1. The molecule has 2 N–H and O–H groups in total. The minimum atomic E-state index is -3.66. The summed E-state index contributed by atoms with van der Waals surface area (Å²) in [6.07, 6.45) is 0.0325. The van der Waals surface area contributed by atoms with Gasteiger partial charge in [0.1, 0.15) is 0 Å². The van der Waals surface area contributed by atoms with Crippen molar-refractivity contribution in [1.29, 1.82) is 0 Å². The highest BCUT2D eigenvalue weighted by atomic mass is 35.5. The Balaban J connectivity index is 1.83. The van der Waals surface area contributed by atoms with Gasteiger partial charge in [0.15, 0.2) is 0 Å². The summed E-state index contributed by atoms with van der Waals surface area (Å²) in [5.41, 5.74) is 0.916. The molecule has 2 aromatic rings. The first-order chi connectivity index (χ1) is 11.8. The van der Waals surface area contributed by atoms with Gasteiger partial charge < -0.3 is 5.32 Å². The molecule has 134 valence electrons. The third kappa shape index (κ3) is 6.01. The second kappa shape index (κ2) is 8.67. The average molecular weight is 401 g/mol. The van der Waals surface area contributed by atoms with Crippen LogP contribution in [0.3, 0.4) is 0 Å². The van der Waals surface area contributed by atoms with Crippen molar-refractivity contribution in [1.82, 2.24) is 10.0 Å². The molecule has 0 heterocycles. The predicted octanol–water partition coefficient (Wildman–Crippen LogP) is 3.54. The molecule has 5 nitrogen and oxygen atoms in total. The first kappa shape index (κ1) is 19.7. The minimum absolute atomic E-state index is 0.00410. The number of rotatable bonds is 7. The number of nitrogens with one attached hydrogen (secondary N) is 2. The van der Waals surface area contributed by atoms with Gasteiger partial charge in [0, 0.05) is 23.0 Å². The zero-order chi connectivity index (χ0) is 18.4. The van der Waals surface area contributed by atoms with Crippen molar-refractivity contribution in [2.24, 2.45) is 0 Å². The predicted molar refractivity (Wildman–Crippen MR) is 99.3 cm³/mol. The highest BCUT2D eigenvalue weighted by Crippen LogP contribution is 2.16. The zero-order valence-corrected chi connectivity index (χ0v) is 15.8. The number of benzene rings is 2. The molecular weight excluding hydrogens is 383 g/mol. The van der Waals surface area contributed by atoms with Gasteiger partial charge in [-0.1, -0.05) is 35.3 Å². The lowest BCUT2D eigenvalue weighted by Gasteiger charge is -2.14. The van der Waals surface area contributed by atoms with Crippen LogP contribution in [0, 0.1) is 0 Å². The van der Waals surface area contributed by atoms with Crippen molar-refractivity contribution in [3.8, 4) is 0 Å². The summed E-state index contributed by atoms with van der Waals surface area (Å²) < 4.78 is 26.6. The lowest BCUT2D eigenvalue weighted by atomic mass is 10.1. The van der Waals surface area contributed by atoms with Gasteiger partial charge in [-0.15, -0.1) is 0 Å². The molecule has 0 saturated heterocycles. The van der Waals surface area contributed by atoms with Gasteiger partial charge in [-0.25, -0.2) is 13.1 Å². The summed E-state index contributed by atoms with van der Waals surface area (Å²) >= 11 is 11.6. The minimum Gasteiger partial charge on any atom is -0.350 e. The molecule has 2 rings (SSSR count). The van der Waals surface area contributed by atoms with Gasteiger partial charge in [0.25, 0.3) is 0 Å².